The monoisotopic (exact) mass is 263 g/mol. The standard InChI is InChI=1S/C14H18FN3O/c1-19-13-7-12-11(6-10(13)15)17-14(16)18(12)8-9-4-2-3-5-9/h6-7,9H,2-5,8H2,1H3,(H2,16,17). The van der Waals surface area contributed by atoms with Gasteiger partial charge in [-0.25, -0.2) is 9.37 Å². The van der Waals surface area contributed by atoms with Crippen LogP contribution in [0, 0.1) is 11.7 Å². The summed E-state index contributed by atoms with van der Waals surface area (Å²) in [5, 5.41) is 0. The van der Waals surface area contributed by atoms with Crippen molar-refractivity contribution >= 4 is 17.0 Å². The number of halogens is 1. The summed E-state index contributed by atoms with van der Waals surface area (Å²) in [6, 6.07) is 3.07. The number of fused-ring (bicyclic) bond motifs is 1. The van der Waals surface area contributed by atoms with Crippen LogP contribution < -0.4 is 10.5 Å². The van der Waals surface area contributed by atoms with Crippen molar-refractivity contribution in [3.63, 3.8) is 0 Å². The van der Waals surface area contributed by atoms with Crippen LogP contribution in [0.1, 0.15) is 25.7 Å². The van der Waals surface area contributed by atoms with Crippen LogP contribution in [0.5, 0.6) is 5.75 Å². The number of anilines is 1. The van der Waals surface area contributed by atoms with Gasteiger partial charge in [-0.2, -0.15) is 0 Å². The highest BCUT2D eigenvalue weighted by atomic mass is 19.1. The molecule has 4 nitrogen and oxygen atoms in total. The van der Waals surface area contributed by atoms with Crippen LogP contribution in [-0.2, 0) is 6.54 Å². The molecule has 1 aromatic carbocycles. The van der Waals surface area contributed by atoms with Gasteiger partial charge in [-0.1, -0.05) is 12.8 Å². The molecule has 0 bridgehead atoms. The Bertz CT molecular complexity index is 602. The maximum Gasteiger partial charge on any atom is 0.201 e. The summed E-state index contributed by atoms with van der Waals surface area (Å²) in [7, 11) is 1.46. The number of hydrogen-bond acceptors (Lipinski definition) is 3. The van der Waals surface area contributed by atoms with Crippen molar-refractivity contribution in [2.75, 3.05) is 12.8 Å². The van der Waals surface area contributed by atoms with Gasteiger partial charge in [0.05, 0.1) is 18.1 Å². The molecular formula is C14H18FN3O. The molecule has 0 atom stereocenters. The van der Waals surface area contributed by atoms with Gasteiger partial charge in [-0.05, 0) is 18.8 Å². The maximum atomic E-state index is 13.7. The van der Waals surface area contributed by atoms with E-state index in [1.807, 2.05) is 4.57 Å². The molecule has 3 rings (SSSR count). The van der Waals surface area contributed by atoms with E-state index >= 15 is 0 Å². The number of benzene rings is 1. The van der Waals surface area contributed by atoms with Crippen LogP contribution in [0.15, 0.2) is 12.1 Å². The number of nitrogens with zero attached hydrogens (tertiary/aromatic N) is 2. The van der Waals surface area contributed by atoms with Crippen LogP contribution in [0.4, 0.5) is 10.3 Å². The zero-order valence-electron chi connectivity index (χ0n) is 11.0. The van der Waals surface area contributed by atoms with E-state index in [4.69, 9.17) is 10.5 Å². The van der Waals surface area contributed by atoms with Gasteiger partial charge in [0.25, 0.3) is 0 Å². The number of methoxy groups -OCH3 is 1. The van der Waals surface area contributed by atoms with Crippen LogP contribution in [0.3, 0.4) is 0 Å². The highest BCUT2D eigenvalue weighted by Crippen LogP contribution is 2.31. The number of ether oxygens (including phenoxy) is 1. The minimum absolute atomic E-state index is 0.236. The Kier molecular flexibility index (Phi) is 3.05. The summed E-state index contributed by atoms with van der Waals surface area (Å²) in [6.45, 7) is 0.858. The van der Waals surface area contributed by atoms with Crippen molar-refractivity contribution in [2.45, 2.75) is 32.2 Å². The highest BCUT2D eigenvalue weighted by molar-refractivity contribution is 5.80. The van der Waals surface area contributed by atoms with E-state index in [9.17, 15) is 4.39 Å². The quantitative estimate of drug-likeness (QED) is 0.926. The van der Waals surface area contributed by atoms with Crippen LogP contribution >= 0.6 is 0 Å². The fraction of sp³-hybridized carbons (Fsp3) is 0.500. The van der Waals surface area contributed by atoms with E-state index in [2.05, 4.69) is 4.98 Å². The molecule has 1 aliphatic rings. The van der Waals surface area contributed by atoms with E-state index in [0.717, 1.165) is 12.1 Å². The van der Waals surface area contributed by atoms with Crippen molar-refractivity contribution < 1.29 is 9.13 Å². The average molecular weight is 263 g/mol. The minimum Gasteiger partial charge on any atom is -0.494 e. The highest BCUT2D eigenvalue weighted by Gasteiger charge is 2.19. The molecule has 1 heterocycles. The molecule has 1 aliphatic carbocycles. The lowest BCUT2D eigenvalue weighted by molar-refractivity contribution is 0.387. The van der Waals surface area contributed by atoms with Crippen LogP contribution in [-0.4, -0.2) is 16.7 Å². The second-order valence-corrected chi connectivity index (χ2v) is 5.21. The summed E-state index contributed by atoms with van der Waals surface area (Å²) >= 11 is 0. The van der Waals surface area contributed by atoms with E-state index in [0.29, 0.717) is 17.4 Å². The molecule has 5 heteroatoms. The Morgan fingerprint density at radius 2 is 2.16 bits per heavy atom. The third kappa shape index (κ3) is 2.13. The number of nitrogens with two attached hydrogens (primary N) is 1. The zero-order chi connectivity index (χ0) is 13.4. The van der Waals surface area contributed by atoms with Gasteiger partial charge < -0.3 is 15.0 Å². The third-order valence-electron chi connectivity index (χ3n) is 3.97. The summed E-state index contributed by atoms with van der Waals surface area (Å²) in [6.07, 6.45) is 5.04. The average Bonchev–Trinajstić information content (AvgIpc) is 2.98. The summed E-state index contributed by atoms with van der Waals surface area (Å²) in [5.41, 5.74) is 7.40. The van der Waals surface area contributed by atoms with Gasteiger partial charge in [-0.3, -0.25) is 0 Å². The van der Waals surface area contributed by atoms with Gasteiger partial charge in [0.15, 0.2) is 11.6 Å². The van der Waals surface area contributed by atoms with Crippen molar-refractivity contribution in [2.24, 2.45) is 5.92 Å². The first kappa shape index (κ1) is 12.3. The molecule has 19 heavy (non-hydrogen) atoms. The lowest BCUT2D eigenvalue weighted by atomic mass is 10.1. The summed E-state index contributed by atoms with van der Waals surface area (Å²) in [4.78, 5) is 4.24. The first-order chi connectivity index (χ1) is 9.19. The SMILES string of the molecule is COc1cc2c(cc1F)nc(N)n2CC1CCCC1. The molecule has 1 aromatic heterocycles. The molecule has 0 amide bonds. The van der Waals surface area contributed by atoms with Gasteiger partial charge >= 0.3 is 0 Å². The van der Waals surface area contributed by atoms with Crippen molar-refractivity contribution in [3.8, 4) is 5.75 Å². The molecule has 0 aliphatic heterocycles. The van der Waals surface area contributed by atoms with Crippen molar-refractivity contribution in [3.05, 3.63) is 17.9 Å². The normalized spacial score (nSPS) is 16.3. The summed E-state index contributed by atoms with van der Waals surface area (Å²) < 4.78 is 20.7. The van der Waals surface area contributed by atoms with Crippen molar-refractivity contribution in [1.29, 1.82) is 0 Å². The smallest absolute Gasteiger partial charge is 0.201 e. The lowest BCUT2D eigenvalue weighted by Gasteiger charge is -2.12. The molecule has 1 saturated carbocycles. The molecule has 1 fully saturated rings. The van der Waals surface area contributed by atoms with E-state index in [-0.39, 0.29) is 5.75 Å². The third-order valence-corrected chi connectivity index (χ3v) is 3.97. The van der Waals surface area contributed by atoms with Gasteiger partial charge in [-0.15, -0.1) is 0 Å². The fourth-order valence-electron chi connectivity index (χ4n) is 2.94. The molecule has 0 unspecified atom stereocenters. The first-order valence-corrected chi connectivity index (χ1v) is 6.68. The minimum atomic E-state index is -0.402. The second-order valence-electron chi connectivity index (χ2n) is 5.21. The Hall–Kier alpha value is -1.78. The van der Waals surface area contributed by atoms with Gasteiger partial charge in [0.2, 0.25) is 5.95 Å². The largest absolute Gasteiger partial charge is 0.494 e. The summed E-state index contributed by atoms with van der Waals surface area (Å²) in [5.74, 6) is 0.936. The molecule has 0 radical (unpaired) electrons. The van der Waals surface area contributed by atoms with Crippen LogP contribution in [0.25, 0.3) is 11.0 Å². The molecule has 2 N–H and O–H groups in total. The van der Waals surface area contributed by atoms with E-state index in [1.165, 1.54) is 38.9 Å². The molecule has 102 valence electrons. The second kappa shape index (κ2) is 4.72. The Morgan fingerprint density at radius 1 is 1.42 bits per heavy atom. The molecular weight excluding hydrogens is 245 g/mol. The van der Waals surface area contributed by atoms with Gasteiger partial charge in [0, 0.05) is 18.7 Å². The zero-order valence-corrected chi connectivity index (χ0v) is 11.0. The number of aromatic nitrogens is 2. The maximum absolute atomic E-state index is 13.7. The Labute approximate surface area is 111 Å². The van der Waals surface area contributed by atoms with Crippen molar-refractivity contribution in [1.82, 2.24) is 9.55 Å². The van der Waals surface area contributed by atoms with E-state index < -0.39 is 5.82 Å². The predicted octanol–water partition coefficient (Wildman–Crippen LogP) is 2.96. The first-order valence-electron chi connectivity index (χ1n) is 6.68. The number of nitrogen functional groups attached to an aromatic ring is 1. The Morgan fingerprint density at radius 3 is 2.84 bits per heavy atom. The molecule has 2 aromatic rings. The number of rotatable bonds is 3. The topological polar surface area (TPSA) is 53.1 Å². The molecule has 0 spiro atoms. The van der Waals surface area contributed by atoms with Crippen LogP contribution in [0.2, 0.25) is 0 Å². The van der Waals surface area contributed by atoms with E-state index in [1.54, 1.807) is 6.07 Å². The lowest BCUT2D eigenvalue weighted by Crippen LogP contribution is -2.10. The molecule has 0 saturated heterocycles. The predicted molar refractivity (Wildman–Crippen MR) is 72.6 cm³/mol. The number of imidazole rings is 1. The fourth-order valence-corrected chi connectivity index (χ4v) is 2.94. The van der Waals surface area contributed by atoms with Gasteiger partial charge in [0.1, 0.15) is 0 Å². The number of hydrogen-bond donors (Lipinski definition) is 1. The Balaban J connectivity index is 2.04.